The maximum Gasteiger partial charge on any atom is 0.547 e. The number of fused-ring (bicyclic) bond motifs is 1. The predicted octanol–water partition coefficient (Wildman–Crippen LogP) is 1.58. The Morgan fingerprint density at radius 2 is 1.64 bits per heavy atom. The van der Waals surface area contributed by atoms with Crippen molar-refractivity contribution in [3.63, 3.8) is 0 Å². The molecule has 3 heterocycles. The van der Waals surface area contributed by atoms with Crippen molar-refractivity contribution in [2.45, 2.75) is 37.3 Å². The number of aromatic hydroxyl groups is 2. The van der Waals surface area contributed by atoms with Crippen LogP contribution in [-0.2, 0) is 15.8 Å². The number of hydrogen-bond acceptors (Lipinski definition) is 10. The number of hydrogen-bond donors (Lipinski definition) is 9. The van der Waals surface area contributed by atoms with E-state index in [1.165, 1.54) is 46.2 Å². The van der Waals surface area contributed by atoms with E-state index >= 15 is 0 Å². The Morgan fingerprint density at radius 3 is 2.29 bits per heavy atom. The van der Waals surface area contributed by atoms with Crippen LogP contribution in [0.15, 0.2) is 54.6 Å². The second-order valence-electron chi connectivity index (χ2n) is 13.0. The molecule has 290 valence electrons. The fourth-order valence-electron chi connectivity index (χ4n) is 6.65. The van der Waals surface area contributed by atoms with Crippen LogP contribution in [0, 0.1) is 0 Å². The number of phenols is 2. The van der Waals surface area contributed by atoms with Crippen LogP contribution in [0.5, 0.6) is 17.2 Å². The summed E-state index contributed by atoms with van der Waals surface area (Å²) in [6, 6.07) is 7.49. The molecule has 3 aromatic rings. The van der Waals surface area contributed by atoms with E-state index in [1.54, 1.807) is 6.07 Å². The molecule has 6 rings (SSSR count). The first-order valence-electron chi connectivity index (χ1n) is 16.8. The Morgan fingerprint density at radius 1 is 0.945 bits per heavy atom. The van der Waals surface area contributed by atoms with E-state index in [-0.39, 0.29) is 71.5 Å². The smallest absolute Gasteiger partial charge is 0.534 e. The number of likely N-dealkylation sites (tertiary alicyclic amines) is 1. The monoisotopic (exact) mass is 800 g/mol. The lowest BCUT2D eigenvalue weighted by molar-refractivity contribution is -0.123. The van der Waals surface area contributed by atoms with Crippen molar-refractivity contribution >= 4 is 67.3 Å². The number of carbonyl (C=O) groups excluding carboxylic acids is 4. The molecule has 0 saturated carbocycles. The van der Waals surface area contributed by atoms with Gasteiger partial charge in [0.05, 0.1) is 22.5 Å². The van der Waals surface area contributed by atoms with Crippen molar-refractivity contribution < 1.29 is 63.3 Å². The molecule has 3 aliphatic rings. The predicted molar refractivity (Wildman–Crippen MR) is 194 cm³/mol. The Bertz CT molecular complexity index is 2080. The van der Waals surface area contributed by atoms with E-state index in [0.29, 0.717) is 18.4 Å². The minimum absolute atomic E-state index is 0.0441. The third-order valence-corrected chi connectivity index (χ3v) is 10.9. The number of nitrogens with zero attached hydrogens (tertiary/aromatic N) is 3. The lowest BCUT2D eigenvalue weighted by Crippen LogP contribution is -2.56. The average molecular weight is 801 g/mol. The number of phenolic OH excluding ortho intramolecular Hbond substituents is 2. The van der Waals surface area contributed by atoms with E-state index in [2.05, 4.69) is 16.0 Å². The second-order valence-corrected chi connectivity index (χ2v) is 15.0. The summed E-state index contributed by atoms with van der Waals surface area (Å²) in [6.07, 6.45) is 0.682. The van der Waals surface area contributed by atoms with E-state index in [0.717, 1.165) is 17.0 Å². The molecule has 22 heteroatoms. The molecule has 0 aromatic heterocycles. The maximum absolute atomic E-state index is 13.8. The van der Waals surface area contributed by atoms with Crippen molar-refractivity contribution in [3.8, 4) is 17.2 Å². The third-order valence-electron chi connectivity index (χ3n) is 9.59. The Kier molecular flexibility index (Phi) is 11.2. The van der Waals surface area contributed by atoms with Gasteiger partial charge in [0.15, 0.2) is 11.5 Å². The first kappa shape index (κ1) is 39.2. The highest BCUT2D eigenvalue weighted by Gasteiger charge is 2.42. The minimum atomic E-state index is -4.66. The lowest BCUT2D eigenvalue weighted by atomic mass is 9.72. The number of rotatable bonds is 8. The van der Waals surface area contributed by atoms with Gasteiger partial charge in [-0.2, -0.15) is 0 Å². The summed E-state index contributed by atoms with van der Waals surface area (Å²) < 4.78 is 17.3. The zero-order chi connectivity index (χ0) is 39.8. The van der Waals surface area contributed by atoms with Crippen LogP contribution in [-0.4, -0.2) is 120 Å². The first-order chi connectivity index (χ1) is 26.0. The van der Waals surface area contributed by atoms with Gasteiger partial charge in [0.1, 0.15) is 16.8 Å². The van der Waals surface area contributed by atoms with Gasteiger partial charge in [-0.3, -0.25) is 9.36 Å². The van der Waals surface area contributed by atoms with Crippen molar-refractivity contribution in [2.75, 3.05) is 31.5 Å². The summed E-state index contributed by atoms with van der Waals surface area (Å²) in [5, 5.41) is 46.8. The van der Waals surface area contributed by atoms with Gasteiger partial charge >= 0.3 is 38.8 Å². The lowest BCUT2D eigenvalue weighted by Gasteiger charge is -2.36. The molecule has 3 aliphatic heterocycles. The Balaban J connectivity index is 1.12. The number of urea groups is 3. The normalized spacial score (nSPS) is 18.0. The highest BCUT2D eigenvalue weighted by Crippen LogP contribution is 2.39. The van der Waals surface area contributed by atoms with Crippen LogP contribution in [0.1, 0.15) is 40.4 Å². The topological polar surface area (TPSA) is 279 Å². The van der Waals surface area contributed by atoms with E-state index < -0.39 is 68.2 Å². The quantitative estimate of drug-likeness (QED) is 0.0678. The van der Waals surface area contributed by atoms with Gasteiger partial charge in [0.2, 0.25) is 5.91 Å². The van der Waals surface area contributed by atoms with Gasteiger partial charge in [0.25, 0.3) is 0 Å². The largest absolute Gasteiger partial charge is 0.547 e. The molecule has 0 spiro atoms. The summed E-state index contributed by atoms with van der Waals surface area (Å²) in [5.41, 5.74) is 0.377. The van der Waals surface area contributed by atoms with E-state index in [4.69, 9.17) is 16.3 Å². The molecular formula is C33H35BClN6O13P. The SMILES string of the molecule is O=C(O)c1cccc2c1OB(O)[C@@H](NC(=O)[C@H](NC(=O)N1CCN(C3CCN(C(=O)Nc4ccc(O)c(O)c4Cl)CC3)C1=O)c1ccc(P(=O)(O)O)cc1)C2. The summed E-state index contributed by atoms with van der Waals surface area (Å²) in [5.74, 6) is -4.35. The van der Waals surface area contributed by atoms with E-state index in [9.17, 15) is 58.7 Å². The number of halogens is 1. The van der Waals surface area contributed by atoms with Crippen LogP contribution in [0.3, 0.4) is 0 Å². The van der Waals surface area contributed by atoms with Crippen molar-refractivity contribution in [2.24, 2.45) is 0 Å². The van der Waals surface area contributed by atoms with Gasteiger partial charge in [-0.25, -0.2) is 24.1 Å². The van der Waals surface area contributed by atoms with E-state index in [1.807, 2.05) is 0 Å². The number of amides is 7. The minimum Gasteiger partial charge on any atom is -0.534 e. The van der Waals surface area contributed by atoms with Crippen LogP contribution >= 0.6 is 19.2 Å². The number of para-hydroxylation sites is 1. The summed E-state index contributed by atoms with van der Waals surface area (Å²) in [7, 11) is -6.35. The summed E-state index contributed by atoms with van der Waals surface area (Å²) >= 11 is 6.02. The van der Waals surface area contributed by atoms with Crippen molar-refractivity contribution in [1.29, 1.82) is 0 Å². The first-order valence-corrected chi connectivity index (χ1v) is 18.8. The number of piperidine rings is 1. The van der Waals surface area contributed by atoms with Crippen LogP contribution in [0.25, 0.3) is 0 Å². The number of carboxylic acid groups (broad SMARTS) is 1. The number of benzene rings is 3. The van der Waals surface area contributed by atoms with Gasteiger partial charge in [-0.15, -0.1) is 0 Å². The van der Waals surface area contributed by atoms with Gasteiger partial charge in [-0.1, -0.05) is 35.9 Å². The fourth-order valence-corrected chi connectivity index (χ4v) is 7.40. The molecule has 7 amide bonds. The molecule has 2 atom stereocenters. The van der Waals surface area contributed by atoms with Crippen LogP contribution in [0.4, 0.5) is 20.1 Å². The zero-order valence-corrected chi connectivity index (χ0v) is 30.3. The maximum atomic E-state index is 13.8. The number of carboxylic acids is 1. The molecule has 19 nitrogen and oxygen atoms in total. The zero-order valence-electron chi connectivity index (χ0n) is 28.7. The Labute approximate surface area is 317 Å². The highest BCUT2D eigenvalue weighted by molar-refractivity contribution is 7.60. The molecule has 3 aromatic carbocycles. The second kappa shape index (κ2) is 15.7. The Hall–Kier alpha value is -5.53. The molecule has 0 unspecified atom stereocenters. The van der Waals surface area contributed by atoms with Gasteiger partial charge in [-0.05, 0) is 60.7 Å². The van der Waals surface area contributed by atoms with Crippen LogP contribution in [0.2, 0.25) is 5.02 Å². The fraction of sp³-hybridized carbons (Fsp3) is 0.303. The number of anilines is 1. The summed E-state index contributed by atoms with van der Waals surface area (Å²) in [4.78, 5) is 88.6. The molecule has 2 fully saturated rings. The highest BCUT2D eigenvalue weighted by atomic mass is 35.5. The number of nitrogens with one attached hydrogen (secondary N) is 3. The number of aromatic carboxylic acids is 1. The van der Waals surface area contributed by atoms with Gasteiger partial charge in [0, 0.05) is 32.2 Å². The molecule has 0 bridgehead atoms. The van der Waals surface area contributed by atoms with Crippen LogP contribution < -0.4 is 25.9 Å². The molecule has 55 heavy (non-hydrogen) atoms. The standard InChI is InChI=1S/C33H35BClN6O13P/c35-25-22(8-9-23(42)27(25)43)36-31(47)39-12-10-19(11-13-39)40-14-15-41(33(40)49)32(48)38-26(17-4-6-20(7-5-17)55(51,52)53)29(44)37-24-16-18-2-1-3-21(30(45)46)28(18)54-34(24)50/h1-9,19,24,26,42-43,50H,10-16H2,(H,36,47)(H,37,44)(H,38,48)(H,45,46)(H2,51,52,53)/t24-,26+/m0/s1. The van der Waals surface area contributed by atoms with Crippen molar-refractivity contribution in [3.05, 3.63) is 76.3 Å². The summed E-state index contributed by atoms with van der Waals surface area (Å²) in [6.45, 7) is 0.583. The van der Waals surface area contributed by atoms with Crippen molar-refractivity contribution in [1.82, 2.24) is 25.3 Å². The number of imide groups is 1. The molecule has 0 aliphatic carbocycles. The molecule has 9 N–H and O–H groups in total. The van der Waals surface area contributed by atoms with Gasteiger partial charge < -0.3 is 60.5 Å². The molecular weight excluding hydrogens is 766 g/mol. The number of carbonyl (C=O) groups is 5. The molecule has 2 saturated heterocycles. The molecule has 0 radical (unpaired) electrons. The third kappa shape index (κ3) is 8.28. The average Bonchev–Trinajstić information content (AvgIpc) is 3.54.